The Labute approximate surface area is 212 Å². The van der Waals surface area contributed by atoms with Gasteiger partial charge in [0.2, 0.25) is 0 Å². The normalized spacial score (nSPS) is 22.6. The number of nitrogens with one attached hydrogen (secondary N) is 1. The Bertz CT molecular complexity index is 1270. The quantitative estimate of drug-likeness (QED) is 0.569. The maximum absolute atomic E-state index is 9.24. The molecule has 6 rings (SSSR count). The average Bonchev–Trinajstić information content (AvgIpc) is 3.55. The Kier molecular flexibility index (Phi) is 6.38. The molecule has 9 heteroatoms. The van der Waals surface area contributed by atoms with E-state index in [1.165, 1.54) is 23.3 Å². The number of nitriles is 1. The Morgan fingerprint density at radius 1 is 1.14 bits per heavy atom. The van der Waals surface area contributed by atoms with Crippen LogP contribution in [0.25, 0.3) is 5.52 Å². The Hall–Kier alpha value is -3.35. The number of hydrogen-bond acceptors (Lipinski definition) is 8. The Balaban J connectivity index is 1.31. The van der Waals surface area contributed by atoms with Gasteiger partial charge in [-0.05, 0) is 57.1 Å². The zero-order valence-electron chi connectivity index (χ0n) is 20.9. The van der Waals surface area contributed by atoms with Gasteiger partial charge in [0.05, 0.1) is 24.7 Å². The van der Waals surface area contributed by atoms with Crippen molar-refractivity contribution in [2.75, 3.05) is 56.2 Å². The molecule has 2 fully saturated rings. The van der Waals surface area contributed by atoms with Gasteiger partial charge in [0.1, 0.15) is 18.2 Å². The average molecular weight is 487 g/mol. The van der Waals surface area contributed by atoms with Gasteiger partial charge in [0.25, 0.3) is 0 Å². The predicted molar refractivity (Wildman–Crippen MR) is 140 cm³/mol. The highest BCUT2D eigenvalue weighted by Crippen LogP contribution is 2.32. The van der Waals surface area contributed by atoms with Crippen LogP contribution in [-0.4, -0.2) is 77.7 Å². The van der Waals surface area contributed by atoms with Crippen molar-refractivity contribution in [3.8, 4) is 12.1 Å². The third kappa shape index (κ3) is 4.47. The number of likely N-dealkylation sites (tertiary alicyclic amines) is 1. The third-order valence-electron chi connectivity index (χ3n) is 7.86. The molecule has 3 aliphatic rings. The molecule has 0 aromatic carbocycles. The highest BCUT2D eigenvalue weighted by atomic mass is 16.5. The molecule has 0 saturated carbocycles. The number of pyridine rings is 1. The van der Waals surface area contributed by atoms with Crippen molar-refractivity contribution in [2.45, 2.75) is 44.3 Å². The van der Waals surface area contributed by atoms with E-state index in [1.54, 1.807) is 0 Å². The van der Waals surface area contributed by atoms with E-state index in [4.69, 9.17) is 14.7 Å². The second-order valence-corrected chi connectivity index (χ2v) is 10.2. The molecule has 0 radical (unpaired) electrons. The predicted octanol–water partition coefficient (Wildman–Crippen LogP) is 2.46. The maximum Gasteiger partial charge on any atom is 0.318 e. The fourth-order valence-corrected chi connectivity index (χ4v) is 5.84. The van der Waals surface area contributed by atoms with Gasteiger partial charge < -0.3 is 29.2 Å². The van der Waals surface area contributed by atoms with Gasteiger partial charge >= 0.3 is 6.01 Å². The molecule has 1 N–H and O–H groups in total. The van der Waals surface area contributed by atoms with E-state index >= 15 is 0 Å². The molecular formula is C27H34N8O. The second kappa shape index (κ2) is 9.96. The van der Waals surface area contributed by atoms with Gasteiger partial charge in [-0.25, -0.2) is 0 Å². The minimum Gasteiger partial charge on any atom is -0.462 e. The molecule has 9 nitrogen and oxygen atoms in total. The highest BCUT2D eigenvalue weighted by molar-refractivity contribution is 5.59. The summed E-state index contributed by atoms with van der Waals surface area (Å²) in [5.74, 6) is 2.16. The van der Waals surface area contributed by atoms with Crippen molar-refractivity contribution < 1.29 is 4.74 Å². The number of nitrogens with zero attached hydrogens (tertiary/aromatic N) is 7. The van der Waals surface area contributed by atoms with E-state index in [0.29, 0.717) is 25.1 Å². The molecule has 3 aromatic heterocycles. The molecule has 0 bridgehead atoms. The molecule has 3 aliphatic heterocycles. The van der Waals surface area contributed by atoms with Crippen LogP contribution in [0.1, 0.15) is 30.5 Å². The fourth-order valence-electron chi connectivity index (χ4n) is 5.84. The lowest BCUT2D eigenvalue weighted by molar-refractivity contribution is 0.187. The van der Waals surface area contributed by atoms with Gasteiger partial charge in [0.15, 0.2) is 0 Å². The van der Waals surface area contributed by atoms with E-state index in [9.17, 15) is 5.26 Å². The zero-order valence-corrected chi connectivity index (χ0v) is 20.9. The van der Waals surface area contributed by atoms with E-state index in [0.717, 1.165) is 63.6 Å². The summed E-state index contributed by atoms with van der Waals surface area (Å²) in [7, 11) is 2.16. The van der Waals surface area contributed by atoms with E-state index in [-0.39, 0.29) is 6.04 Å². The minimum atomic E-state index is 0.150. The fraction of sp³-hybridized carbons (Fsp3) is 0.519. The Morgan fingerprint density at radius 2 is 2.06 bits per heavy atom. The molecule has 188 valence electrons. The highest BCUT2D eigenvalue weighted by Gasteiger charge is 2.30. The minimum absolute atomic E-state index is 0.150. The number of rotatable bonds is 6. The SMILES string of the molecule is CN1CCC[C@H]1COc1nc2c(c(N3CCN[C@@H](CC#N)C3)n1)CCN(c1cccc3cccn13)C2. The van der Waals surface area contributed by atoms with Crippen molar-refractivity contribution in [2.24, 2.45) is 0 Å². The molecule has 6 heterocycles. The largest absolute Gasteiger partial charge is 0.462 e. The lowest BCUT2D eigenvalue weighted by Crippen LogP contribution is -2.51. The number of fused-ring (bicyclic) bond motifs is 2. The topological polar surface area (TPSA) is 85.0 Å². The molecule has 36 heavy (non-hydrogen) atoms. The van der Waals surface area contributed by atoms with Crippen LogP contribution in [0, 0.1) is 11.3 Å². The standard InChI is InChI=1S/C27H34N8O/c1-32-13-3-7-22(32)19-36-27-30-24-18-33(25-8-2-5-21-6-4-14-35(21)25)15-10-23(24)26(31-27)34-16-12-29-20(17-34)9-11-28/h2,4-6,8,14,20,22,29H,3,7,9-10,12-13,15-19H2,1H3/t20-,22-/m0/s1. The number of hydrogen-bond donors (Lipinski definition) is 1. The monoisotopic (exact) mass is 486 g/mol. The van der Waals surface area contributed by atoms with E-state index < -0.39 is 0 Å². The first-order valence-electron chi connectivity index (χ1n) is 13.1. The number of ether oxygens (including phenoxy) is 1. The molecule has 0 spiro atoms. The summed E-state index contributed by atoms with van der Waals surface area (Å²) >= 11 is 0. The first-order valence-corrected chi connectivity index (χ1v) is 13.1. The summed E-state index contributed by atoms with van der Waals surface area (Å²) in [4.78, 5) is 17.0. The van der Waals surface area contributed by atoms with Crippen LogP contribution < -0.4 is 19.9 Å². The second-order valence-electron chi connectivity index (χ2n) is 10.2. The number of likely N-dealkylation sites (N-methyl/N-ethyl adjacent to an activating group) is 1. The van der Waals surface area contributed by atoms with Crippen molar-refractivity contribution in [1.29, 1.82) is 5.26 Å². The van der Waals surface area contributed by atoms with Crippen molar-refractivity contribution in [3.63, 3.8) is 0 Å². The van der Waals surface area contributed by atoms with Crippen LogP contribution in [0.15, 0.2) is 36.5 Å². The van der Waals surface area contributed by atoms with Crippen LogP contribution in [0.5, 0.6) is 6.01 Å². The maximum atomic E-state index is 9.24. The van der Waals surface area contributed by atoms with Crippen LogP contribution in [0.4, 0.5) is 11.6 Å². The third-order valence-corrected chi connectivity index (χ3v) is 7.86. The first kappa shape index (κ1) is 23.1. The summed E-state index contributed by atoms with van der Waals surface area (Å²) in [5.41, 5.74) is 3.45. The summed E-state index contributed by atoms with van der Waals surface area (Å²) in [6, 6.07) is 14.0. The molecule has 2 atom stereocenters. The smallest absolute Gasteiger partial charge is 0.318 e. The van der Waals surface area contributed by atoms with E-state index in [2.05, 4.69) is 74.1 Å². The lowest BCUT2D eigenvalue weighted by atomic mass is 10.0. The molecule has 0 unspecified atom stereocenters. The first-order chi connectivity index (χ1) is 17.7. The summed E-state index contributed by atoms with van der Waals surface area (Å²) < 4.78 is 8.49. The van der Waals surface area contributed by atoms with Crippen LogP contribution in [-0.2, 0) is 13.0 Å². The Morgan fingerprint density at radius 3 is 2.92 bits per heavy atom. The van der Waals surface area contributed by atoms with Gasteiger partial charge in [-0.15, -0.1) is 0 Å². The lowest BCUT2D eigenvalue weighted by Gasteiger charge is -2.37. The van der Waals surface area contributed by atoms with Crippen molar-refractivity contribution in [1.82, 2.24) is 24.6 Å². The van der Waals surface area contributed by atoms with Crippen molar-refractivity contribution in [3.05, 3.63) is 47.8 Å². The zero-order chi connectivity index (χ0) is 24.5. The summed E-state index contributed by atoms with van der Waals surface area (Å²) in [6.07, 6.45) is 5.85. The number of piperazine rings is 1. The molecular weight excluding hydrogens is 452 g/mol. The van der Waals surface area contributed by atoms with Gasteiger partial charge in [-0.2, -0.15) is 15.2 Å². The molecule has 0 amide bonds. The molecule has 0 aliphatic carbocycles. The van der Waals surface area contributed by atoms with Gasteiger partial charge in [0, 0.05) is 55.5 Å². The van der Waals surface area contributed by atoms with Gasteiger partial charge in [-0.3, -0.25) is 0 Å². The molecule has 2 saturated heterocycles. The van der Waals surface area contributed by atoms with Gasteiger partial charge in [-0.1, -0.05) is 6.07 Å². The van der Waals surface area contributed by atoms with Crippen LogP contribution in [0.3, 0.4) is 0 Å². The van der Waals surface area contributed by atoms with Crippen LogP contribution in [0.2, 0.25) is 0 Å². The number of aromatic nitrogens is 3. The molecule has 3 aromatic rings. The van der Waals surface area contributed by atoms with E-state index in [1.807, 2.05) is 0 Å². The number of anilines is 2. The van der Waals surface area contributed by atoms with Crippen LogP contribution >= 0.6 is 0 Å². The summed E-state index contributed by atoms with van der Waals surface area (Å²) in [6.45, 7) is 5.83. The van der Waals surface area contributed by atoms with Crippen molar-refractivity contribution >= 4 is 17.2 Å². The summed E-state index contributed by atoms with van der Waals surface area (Å²) in [5, 5.41) is 12.7.